The van der Waals surface area contributed by atoms with Gasteiger partial charge in [-0.15, -0.1) is 0 Å². The zero-order valence-corrected chi connectivity index (χ0v) is 24.1. The van der Waals surface area contributed by atoms with Crippen molar-refractivity contribution in [3.05, 3.63) is 99.3 Å². The summed E-state index contributed by atoms with van der Waals surface area (Å²) in [6.45, 7) is 6.61. The van der Waals surface area contributed by atoms with Crippen LogP contribution in [0.5, 0.6) is 11.5 Å². The molecule has 0 saturated carbocycles. The van der Waals surface area contributed by atoms with Crippen molar-refractivity contribution in [2.45, 2.75) is 46.1 Å². The topological polar surface area (TPSA) is 60.1 Å². The zero-order chi connectivity index (χ0) is 26.2. The molecule has 0 amide bonds. The van der Waals surface area contributed by atoms with Crippen molar-refractivity contribution in [3.8, 4) is 11.5 Å². The van der Waals surface area contributed by atoms with Crippen LogP contribution < -0.4 is 36.4 Å². The summed E-state index contributed by atoms with van der Waals surface area (Å²) in [7, 11) is 0. The molecule has 1 aromatic heterocycles. The first-order chi connectivity index (χ1) is 18.7. The van der Waals surface area contributed by atoms with Crippen molar-refractivity contribution in [1.82, 2.24) is 9.99 Å². The molecule has 0 saturated heterocycles. The first-order valence-electron chi connectivity index (χ1n) is 13.2. The molecule has 0 fully saturated rings. The fourth-order valence-corrected chi connectivity index (χ4v) is 5.86. The van der Waals surface area contributed by atoms with Crippen molar-refractivity contribution in [2.24, 2.45) is 8.55 Å². The maximum atomic E-state index is 6.28. The molecule has 0 radical (unpaired) electrons. The van der Waals surface area contributed by atoms with Gasteiger partial charge in [0.15, 0.2) is 0 Å². The van der Waals surface area contributed by atoms with Crippen molar-refractivity contribution < 1.29 is 31.0 Å². The Kier molecular flexibility index (Phi) is 8.96. The number of unbranched alkanes of at least 4 members (excludes halogenated alkanes) is 1. The molecule has 2 heterocycles. The van der Waals surface area contributed by atoms with Gasteiger partial charge in [0.05, 0.1) is 0 Å². The van der Waals surface area contributed by atoms with E-state index in [-0.39, 0.29) is 21.5 Å². The van der Waals surface area contributed by atoms with E-state index in [9.17, 15) is 0 Å². The number of aromatic nitrogens is 1. The van der Waals surface area contributed by atoms with Crippen molar-refractivity contribution >= 4 is 16.6 Å². The molecule has 0 aliphatic carbocycles. The summed E-state index contributed by atoms with van der Waals surface area (Å²) in [4.78, 5) is 0. The second kappa shape index (κ2) is 13.0. The Bertz CT molecular complexity index is 1430. The fourth-order valence-electron chi connectivity index (χ4n) is 4.73. The van der Waals surface area contributed by atoms with Gasteiger partial charge in [0.1, 0.15) is 5.75 Å². The molecule has 198 valence electrons. The van der Waals surface area contributed by atoms with Crippen molar-refractivity contribution in [2.75, 3.05) is 13.2 Å². The molecule has 6 nitrogen and oxygen atoms in total. The number of rotatable bonds is 12. The van der Waals surface area contributed by atoms with E-state index in [1.54, 1.807) is 0 Å². The van der Waals surface area contributed by atoms with E-state index in [4.69, 9.17) is 9.47 Å². The third kappa shape index (κ3) is 6.56. The molecule has 1 aliphatic rings. The number of fused-ring (bicyclic) bond motifs is 1. The number of halogens is 1. The van der Waals surface area contributed by atoms with Gasteiger partial charge in [-0.2, -0.15) is 0 Å². The van der Waals surface area contributed by atoms with E-state index in [2.05, 4.69) is 97.3 Å². The van der Waals surface area contributed by atoms with Crippen LogP contribution in [0.15, 0.2) is 85.6 Å². The Labute approximate surface area is 235 Å². The minimum absolute atomic E-state index is 0.327. The summed E-state index contributed by atoms with van der Waals surface area (Å²) < 4.78 is 20.7. The fraction of sp³-hybridized carbons (Fsp3) is 0.290. The van der Waals surface area contributed by atoms with E-state index in [1.165, 1.54) is 27.6 Å². The van der Waals surface area contributed by atoms with Gasteiger partial charge >= 0.3 is 116 Å². The van der Waals surface area contributed by atoms with Gasteiger partial charge in [0.25, 0.3) is 0 Å². The van der Waals surface area contributed by atoms with Crippen LogP contribution in [-0.2, 0) is 13.0 Å². The second-order valence-corrected chi connectivity index (χ2v) is 11.1. The van der Waals surface area contributed by atoms with Gasteiger partial charge in [0, 0.05) is 29.2 Å². The average Bonchev–Trinajstić information content (AvgIpc) is 3.35. The molecule has 4 aromatic rings. The third-order valence-corrected chi connectivity index (χ3v) is 7.96. The van der Waals surface area contributed by atoms with Crippen LogP contribution in [0.3, 0.4) is 0 Å². The van der Waals surface area contributed by atoms with Gasteiger partial charge in [-0.25, -0.2) is 0 Å². The summed E-state index contributed by atoms with van der Waals surface area (Å²) in [6, 6.07) is 23.5. The molecule has 7 heteroatoms. The van der Waals surface area contributed by atoms with Crippen LogP contribution in [-0.4, -0.2) is 17.8 Å². The number of benzene rings is 3. The normalized spacial score (nSPS) is 13.1. The average molecular weight is 622 g/mol. The number of hydrogen-bond acceptors (Lipinski definition) is 5. The van der Waals surface area contributed by atoms with E-state index < -0.39 is 0 Å². The van der Waals surface area contributed by atoms with Gasteiger partial charge in [0.2, 0.25) is 0 Å². The number of nitrogens with zero attached hydrogens (tertiary/aromatic N) is 3. The monoisotopic (exact) mass is 621 g/mol. The quantitative estimate of drug-likeness (QED) is 0.188. The molecule has 3 aromatic carbocycles. The summed E-state index contributed by atoms with van der Waals surface area (Å²) in [6.07, 6.45) is 6.19. The van der Waals surface area contributed by atoms with Crippen LogP contribution in [0.25, 0.3) is 16.6 Å². The standard InChI is InChI=1S/C31H34IN4O2/c1-3-7-28-27-16-17-36(22-24-9-6-8-23(2)20-24)30(27)14-15-31(28)38-19-5-4-18-37-26-12-10-25(11-13-26)29-21-32-34-35-33-29/h6,8-17,20-21H,3-5,7,18-19,22H2,1-2H3,(H,33,34)/q-1. The van der Waals surface area contributed by atoms with Crippen LogP contribution in [0.1, 0.15) is 48.4 Å². The summed E-state index contributed by atoms with van der Waals surface area (Å²) in [5, 5.41) is 5.22. The third-order valence-electron chi connectivity index (χ3n) is 6.60. The van der Waals surface area contributed by atoms with E-state index in [1.807, 2.05) is 12.1 Å². The molecule has 0 spiro atoms. The Balaban J connectivity index is 1.13. The van der Waals surface area contributed by atoms with Crippen LogP contribution >= 0.6 is 0 Å². The van der Waals surface area contributed by atoms with Crippen molar-refractivity contribution in [1.29, 1.82) is 0 Å². The van der Waals surface area contributed by atoms with Crippen LogP contribution in [0.2, 0.25) is 0 Å². The Morgan fingerprint density at radius 1 is 0.947 bits per heavy atom. The minimum atomic E-state index is -0.327. The Morgan fingerprint density at radius 3 is 2.55 bits per heavy atom. The first kappa shape index (κ1) is 26.3. The van der Waals surface area contributed by atoms with Gasteiger partial charge in [-0.3, -0.25) is 0 Å². The number of hydrogen-bond donors (Lipinski definition) is 1. The predicted molar refractivity (Wildman–Crippen MR) is 149 cm³/mol. The van der Waals surface area contributed by atoms with E-state index >= 15 is 0 Å². The zero-order valence-electron chi connectivity index (χ0n) is 22.0. The number of nitrogens with one attached hydrogen (secondary N) is 1. The molecule has 38 heavy (non-hydrogen) atoms. The Hall–Kier alpha value is -3.33. The predicted octanol–water partition coefficient (Wildman–Crippen LogP) is 4.46. The molecular weight excluding hydrogens is 587 g/mol. The van der Waals surface area contributed by atoms with Crippen LogP contribution in [0, 0.1) is 6.92 Å². The first-order valence-corrected chi connectivity index (χ1v) is 15.4. The van der Waals surface area contributed by atoms with E-state index in [0.29, 0.717) is 13.2 Å². The Morgan fingerprint density at radius 2 is 1.79 bits per heavy atom. The molecule has 0 bridgehead atoms. The molecule has 0 atom stereocenters. The molecule has 1 N–H and O–H groups in total. The van der Waals surface area contributed by atoms with E-state index in [0.717, 1.165) is 55.0 Å². The van der Waals surface area contributed by atoms with Gasteiger partial charge in [-0.05, 0) is 37.1 Å². The molecular formula is C31H34IN4O2-. The minimum Gasteiger partial charge on any atom is -0.343 e. The maximum Gasteiger partial charge on any atom is 0.0488 e. The SMILES string of the molecule is CCCc1c(OCCCCOc2ccc(C3=C[I-]N=NN3)cc2)ccc2c1ccn2Cc1cccc(C)c1. The molecule has 1 aliphatic heterocycles. The number of aryl methyl sites for hydroxylation is 2. The summed E-state index contributed by atoms with van der Waals surface area (Å²) >= 11 is -0.327. The summed E-state index contributed by atoms with van der Waals surface area (Å²) in [5.41, 5.74) is 10.3. The van der Waals surface area contributed by atoms with Gasteiger partial charge < -0.3 is 4.57 Å². The summed E-state index contributed by atoms with van der Waals surface area (Å²) in [5.74, 6) is 1.89. The molecule has 5 rings (SSSR count). The van der Waals surface area contributed by atoms with Crippen LogP contribution in [0.4, 0.5) is 0 Å². The smallest absolute Gasteiger partial charge is 0.0488 e. The largest absolute Gasteiger partial charge is 0.343 e. The van der Waals surface area contributed by atoms with Crippen molar-refractivity contribution in [3.63, 3.8) is 0 Å². The molecule has 0 unspecified atom stereocenters. The second-order valence-electron chi connectivity index (χ2n) is 9.49. The maximum absolute atomic E-state index is 6.28. The number of ether oxygens (including phenoxy) is 2. The van der Waals surface area contributed by atoms with Gasteiger partial charge in [-0.1, -0.05) is 43.2 Å².